The molecule has 1 aromatic carbocycles. The molecular formula is C13H16N2O5. The van der Waals surface area contributed by atoms with E-state index in [1.165, 1.54) is 7.11 Å². The predicted molar refractivity (Wildman–Crippen MR) is 69.7 cm³/mol. The molecule has 1 aliphatic heterocycles. The van der Waals surface area contributed by atoms with E-state index in [9.17, 15) is 14.9 Å². The van der Waals surface area contributed by atoms with E-state index < -0.39 is 22.5 Å². The van der Waals surface area contributed by atoms with E-state index in [0.717, 1.165) is 0 Å². The molecule has 1 aromatic rings. The van der Waals surface area contributed by atoms with E-state index in [1.807, 2.05) is 6.07 Å². The molecule has 7 nitrogen and oxygen atoms in total. The normalized spacial score (nSPS) is 17.9. The second-order valence-corrected chi connectivity index (χ2v) is 4.78. The lowest BCUT2D eigenvalue weighted by Crippen LogP contribution is -2.65. The Hall–Kier alpha value is -1.99. The van der Waals surface area contributed by atoms with Gasteiger partial charge in [-0.25, -0.2) is 4.79 Å². The van der Waals surface area contributed by atoms with Crippen LogP contribution in [0.3, 0.4) is 0 Å². The van der Waals surface area contributed by atoms with Crippen LogP contribution in [0.4, 0.5) is 0 Å². The van der Waals surface area contributed by atoms with Crippen molar-refractivity contribution in [2.45, 2.75) is 11.6 Å². The maximum Gasteiger partial charge on any atom is 0.327 e. The molecular weight excluding hydrogens is 264 g/mol. The Morgan fingerprint density at radius 1 is 1.50 bits per heavy atom. The maximum absolute atomic E-state index is 11.9. The van der Waals surface area contributed by atoms with Crippen molar-refractivity contribution < 1.29 is 19.2 Å². The van der Waals surface area contributed by atoms with Gasteiger partial charge < -0.3 is 9.47 Å². The summed E-state index contributed by atoms with van der Waals surface area (Å²) < 4.78 is 9.84. The summed E-state index contributed by atoms with van der Waals surface area (Å²) in [6, 6.07) is 8.22. The van der Waals surface area contributed by atoms with Crippen LogP contribution in [0.1, 0.15) is 11.6 Å². The number of ether oxygens (including phenoxy) is 2. The molecule has 2 rings (SSSR count). The molecule has 0 bridgehead atoms. The maximum atomic E-state index is 11.9. The number of benzene rings is 1. The molecule has 0 radical (unpaired) electrons. The Morgan fingerprint density at radius 3 is 2.60 bits per heavy atom. The molecule has 0 aromatic heterocycles. The standard InChI is InChI=1S/C13H16N2O5/c1-19-12(16)11(10-5-3-2-4-6-10)14-13(7-15(17)18)8-20-9-13/h2-6,11,14H,7-9H2,1H3/t11-/m1/s1. The van der Waals surface area contributed by atoms with Crippen molar-refractivity contribution >= 4 is 5.97 Å². The Balaban J connectivity index is 2.20. The summed E-state index contributed by atoms with van der Waals surface area (Å²) in [5.41, 5.74) is -0.118. The molecule has 7 heteroatoms. The third kappa shape index (κ3) is 3.12. The number of carbonyl (C=O) groups excluding carboxylic acids is 1. The van der Waals surface area contributed by atoms with E-state index in [-0.39, 0.29) is 19.8 Å². The number of nitro groups is 1. The van der Waals surface area contributed by atoms with Gasteiger partial charge in [-0.2, -0.15) is 0 Å². The van der Waals surface area contributed by atoms with Gasteiger partial charge in [-0.05, 0) is 5.56 Å². The minimum absolute atomic E-state index is 0.203. The Kier molecular flexibility index (Phi) is 4.31. The van der Waals surface area contributed by atoms with Crippen LogP contribution in [-0.4, -0.2) is 43.3 Å². The number of hydrogen-bond donors (Lipinski definition) is 1. The van der Waals surface area contributed by atoms with Crippen molar-refractivity contribution in [3.05, 3.63) is 46.0 Å². The first-order valence-electron chi connectivity index (χ1n) is 6.16. The third-order valence-corrected chi connectivity index (χ3v) is 3.21. The molecule has 0 saturated carbocycles. The highest BCUT2D eigenvalue weighted by atomic mass is 16.6. The van der Waals surface area contributed by atoms with Gasteiger partial charge in [0.2, 0.25) is 6.54 Å². The first kappa shape index (κ1) is 14.4. The molecule has 0 spiro atoms. The molecule has 1 aliphatic rings. The fourth-order valence-electron chi connectivity index (χ4n) is 2.16. The quantitative estimate of drug-likeness (QED) is 0.464. The third-order valence-electron chi connectivity index (χ3n) is 3.21. The Bertz CT molecular complexity index is 487. The minimum Gasteiger partial charge on any atom is -0.468 e. The van der Waals surface area contributed by atoms with Crippen LogP contribution in [0.25, 0.3) is 0 Å². The SMILES string of the molecule is COC(=O)[C@H](NC1(C[N+](=O)[O-])COC1)c1ccccc1. The van der Waals surface area contributed by atoms with Crippen molar-refractivity contribution in [1.29, 1.82) is 0 Å². The van der Waals surface area contributed by atoms with E-state index in [2.05, 4.69) is 5.32 Å². The number of carbonyl (C=O) groups is 1. The number of hydrogen-bond acceptors (Lipinski definition) is 6. The second kappa shape index (κ2) is 5.98. The Labute approximate surface area is 116 Å². The highest BCUT2D eigenvalue weighted by Gasteiger charge is 2.46. The molecule has 0 amide bonds. The van der Waals surface area contributed by atoms with E-state index in [4.69, 9.17) is 9.47 Å². The largest absolute Gasteiger partial charge is 0.468 e. The first-order valence-corrected chi connectivity index (χ1v) is 6.16. The van der Waals surface area contributed by atoms with Gasteiger partial charge >= 0.3 is 5.97 Å². The number of esters is 1. The zero-order valence-electron chi connectivity index (χ0n) is 11.1. The van der Waals surface area contributed by atoms with Gasteiger partial charge in [0.15, 0.2) is 0 Å². The predicted octanol–water partition coefficient (Wildman–Crippen LogP) is 0.536. The topological polar surface area (TPSA) is 90.7 Å². The van der Waals surface area contributed by atoms with Gasteiger partial charge in [-0.3, -0.25) is 15.4 Å². The number of nitrogens with one attached hydrogen (secondary N) is 1. The van der Waals surface area contributed by atoms with Crippen LogP contribution in [0.15, 0.2) is 30.3 Å². The van der Waals surface area contributed by atoms with Crippen LogP contribution in [0.2, 0.25) is 0 Å². The van der Waals surface area contributed by atoms with Crippen molar-refractivity contribution in [1.82, 2.24) is 5.32 Å². The van der Waals surface area contributed by atoms with Crippen molar-refractivity contribution in [2.24, 2.45) is 0 Å². The first-order chi connectivity index (χ1) is 9.56. The number of methoxy groups -OCH3 is 1. The summed E-state index contributed by atoms with van der Waals surface area (Å²) in [5.74, 6) is -0.481. The van der Waals surface area contributed by atoms with Crippen molar-refractivity contribution in [3.8, 4) is 0 Å². The molecule has 1 atom stereocenters. The zero-order valence-corrected chi connectivity index (χ0v) is 11.1. The van der Waals surface area contributed by atoms with Gasteiger partial charge in [-0.1, -0.05) is 30.3 Å². The highest BCUT2D eigenvalue weighted by molar-refractivity contribution is 5.77. The fraction of sp³-hybridized carbons (Fsp3) is 0.462. The van der Waals surface area contributed by atoms with Gasteiger partial charge in [0.05, 0.1) is 20.3 Å². The zero-order chi connectivity index (χ0) is 14.6. The van der Waals surface area contributed by atoms with Crippen LogP contribution < -0.4 is 5.32 Å². The van der Waals surface area contributed by atoms with Gasteiger partial charge in [0.25, 0.3) is 0 Å². The smallest absolute Gasteiger partial charge is 0.327 e. The van der Waals surface area contributed by atoms with E-state index in [1.54, 1.807) is 24.3 Å². The molecule has 1 saturated heterocycles. The average molecular weight is 280 g/mol. The summed E-state index contributed by atoms with van der Waals surface area (Å²) in [5, 5.41) is 13.8. The molecule has 1 heterocycles. The summed E-state index contributed by atoms with van der Waals surface area (Å²) >= 11 is 0. The van der Waals surface area contributed by atoms with Crippen LogP contribution in [0.5, 0.6) is 0 Å². The number of nitrogens with zero attached hydrogens (tertiary/aromatic N) is 1. The monoisotopic (exact) mass is 280 g/mol. The molecule has 0 aliphatic carbocycles. The van der Waals surface area contributed by atoms with Gasteiger partial charge in [0.1, 0.15) is 11.6 Å². The Morgan fingerprint density at radius 2 is 2.15 bits per heavy atom. The lowest BCUT2D eigenvalue weighted by molar-refractivity contribution is -0.499. The molecule has 20 heavy (non-hydrogen) atoms. The van der Waals surface area contributed by atoms with Gasteiger partial charge in [0, 0.05) is 4.92 Å². The lowest BCUT2D eigenvalue weighted by Gasteiger charge is -2.40. The average Bonchev–Trinajstić information content (AvgIpc) is 2.41. The fourth-order valence-corrected chi connectivity index (χ4v) is 2.16. The molecule has 1 fully saturated rings. The highest BCUT2D eigenvalue weighted by Crippen LogP contribution is 2.24. The van der Waals surface area contributed by atoms with Crippen LogP contribution in [-0.2, 0) is 14.3 Å². The summed E-state index contributed by atoms with van der Waals surface area (Å²) in [6.45, 7) is 0.107. The van der Waals surface area contributed by atoms with Crippen LogP contribution >= 0.6 is 0 Å². The lowest BCUT2D eigenvalue weighted by atomic mass is 9.94. The summed E-state index contributed by atoms with van der Waals surface area (Å²) in [7, 11) is 1.29. The molecule has 108 valence electrons. The number of rotatable bonds is 6. The van der Waals surface area contributed by atoms with Crippen molar-refractivity contribution in [2.75, 3.05) is 26.9 Å². The van der Waals surface area contributed by atoms with Gasteiger partial charge in [-0.15, -0.1) is 0 Å². The summed E-state index contributed by atoms with van der Waals surface area (Å²) in [6.07, 6.45) is 0. The summed E-state index contributed by atoms with van der Waals surface area (Å²) in [4.78, 5) is 22.3. The second-order valence-electron chi connectivity index (χ2n) is 4.78. The van der Waals surface area contributed by atoms with Crippen LogP contribution in [0, 0.1) is 10.1 Å². The molecule has 0 unspecified atom stereocenters. The van der Waals surface area contributed by atoms with Crippen molar-refractivity contribution in [3.63, 3.8) is 0 Å². The van der Waals surface area contributed by atoms with E-state index in [0.29, 0.717) is 5.56 Å². The van der Waals surface area contributed by atoms with E-state index >= 15 is 0 Å². The minimum atomic E-state index is -0.821. The molecule has 1 N–H and O–H groups in total.